The number of aryl methyl sites for hydroxylation is 3. The van der Waals surface area contributed by atoms with Gasteiger partial charge in [0.15, 0.2) is 0 Å². The fourth-order valence-electron chi connectivity index (χ4n) is 1.83. The Morgan fingerprint density at radius 3 is 2.56 bits per heavy atom. The second kappa shape index (κ2) is 3.59. The smallest absolute Gasteiger partial charge is 0.336 e. The second-order valence-electron chi connectivity index (χ2n) is 4.02. The highest BCUT2D eigenvalue weighted by Crippen LogP contribution is 2.23. The molecule has 0 bridgehead atoms. The highest BCUT2D eigenvalue weighted by molar-refractivity contribution is 6.03. The molecule has 3 heteroatoms. The van der Waals surface area contributed by atoms with Gasteiger partial charge in [-0.3, -0.25) is 4.98 Å². The molecule has 0 aliphatic carbocycles. The molecule has 1 aromatic heterocycles. The lowest BCUT2D eigenvalue weighted by molar-refractivity contribution is 0.0699. The predicted molar refractivity (Wildman–Crippen MR) is 62.9 cm³/mol. The van der Waals surface area contributed by atoms with Crippen molar-refractivity contribution in [3.05, 3.63) is 40.6 Å². The summed E-state index contributed by atoms with van der Waals surface area (Å²) < 4.78 is 0. The minimum Gasteiger partial charge on any atom is -0.478 e. The number of carbonyl (C=O) groups is 1. The van der Waals surface area contributed by atoms with Gasteiger partial charge < -0.3 is 5.11 Å². The molecule has 0 radical (unpaired) electrons. The average molecular weight is 215 g/mol. The third-order valence-electron chi connectivity index (χ3n) is 2.86. The van der Waals surface area contributed by atoms with Crippen LogP contribution in [-0.2, 0) is 0 Å². The van der Waals surface area contributed by atoms with E-state index in [-0.39, 0.29) is 0 Å². The molecule has 0 aliphatic heterocycles. The Kier molecular flexibility index (Phi) is 2.38. The SMILES string of the molecule is Cc1cc(C(=O)O)c2ccc(C)c(C)c2n1. The maximum Gasteiger partial charge on any atom is 0.336 e. The summed E-state index contributed by atoms with van der Waals surface area (Å²) in [6.07, 6.45) is 0. The van der Waals surface area contributed by atoms with E-state index in [0.29, 0.717) is 10.9 Å². The van der Waals surface area contributed by atoms with E-state index in [9.17, 15) is 4.79 Å². The van der Waals surface area contributed by atoms with Gasteiger partial charge in [0.1, 0.15) is 0 Å². The van der Waals surface area contributed by atoms with Crippen molar-refractivity contribution in [3.63, 3.8) is 0 Å². The molecule has 3 nitrogen and oxygen atoms in total. The number of hydrogen-bond donors (Lipinski definition) is 1. The molecule has 1 N–H and O–H groups in total. The Morgan fingerprint density at radius 1 is 1.25 bits per heavy atom. The molecule has 2 rings (SSSR count). The molecule has 0 atom stereocenters. The van der Waals surface area contributed by atoms with Gasteiger partial charge in [-0.05, 0) is 38.0 Å². The Bertz CT molecular complexity index is 588. The van der Waals surface area contributed by atoms with Gasteiger partial charge in [-0.25, -0.2) is 4.79 Å². The number of pyridine rings is 1. The van der Waals surface area contributed by atoms with Crippen LogP contribution in [-0.4, -0.2) is 16.1 Å². The molecule has 2 aromatic rings. The Morgan fingerprint density at radius 2 is 1.94 bits per heavy atom. The maximum absolute atomic E-state index is 11.1. The Labute approximate surface area is 93.7 Å². The lowest BCUT2D eigenvalue weighted by atomic mass is 10.0. The highest BCUT2D eigenvalue weighted by atomic mass is 16.4. The van der Waals surface area contributed by atoms with Gasteiger partial charge in [0.05, 0.1) is 11.1 Å². The zero-order valence-electron chi connectivity index (χ0n) is 9.53. The fraction of sp³-hybridized carbons (Fsp3) is 0.231. The van der Waals surface area contributed by atoms with E-state index in [4.69, 9.17) is 5.11 Å². The first-order valence-corrected chi connectivity index (χ1v) is 5.11. The van der Waals surface area contributed by atoms with Crippen molar-refractivity contribution in [2.45, 2.75) is 20.8 Å². The van der Waals surface area contributed by atoms with Crippen molar-refractivity contribution in [1.82, 2.24) is 4.98 Å². The molecule has 0 aliphatic rings. The number of carboxylic acids is 1. The Balaban J connectivity index is 2.94. The van der Waals surface area contributed by atoms with Crippen molar-refractivity contribution < 1.29 is 9.90 Å². The molecule has 82 valence electrons. The number of hydrogen-bond acceptors (Lipinski definition) is 2. The highest BCUT2D eigenvalue weighted by Gasteiger charge is 2.12. The topological polar surface area (TPSA) is 50.2 Å². The van der Waals surface area contributed by atoms with E-state index in [0.717, 1.165) is 22.3 Å². The molecule has 0 fully saturated rings. The number of fused-ring (bicyclic) bond motifs is 1. The Hall–Kier alpha value is -1.90. The van der Waals surface area contributed by atoms with E-state index < -0.39 is 5.97 Å². The number of benzene rings is 1. The molecule has 0 saturated heterocycles. The van der Waals surface area contributed by atoms with Gasteiger partial charge in [0, 0.05) is 11.1 Å². The van der Waals surface area contributed by atoms with Gasteiger partial charge in [-0.1, -0.05) is 12.1 Å². The van der Waals surface area contributed by atoms with Crippen molar-refractivity contribution in [2.24, 2.45) is 0 Å². The molecule has 1 aromatic carbocycles. The van der Waals surface area contributed by atoms with E-state index in [1.807, 2.05) is 32.9 Å². The van der Waals surface area contributed by atoms with Crippen molar-refractivity contribution in [1.29, 1.82) is 0 Å². The number of carboxylic acid groups (broad SMARTS) is 1. The summed E-state index contributed by atoms with van der Waals surface area (Å²) in [6, 6.07) is 5.37. The number of aromatic nitrogens is 1. The largest absolute Gasteiger partial charge is 0.478 e. The summed E-state index contributed by atoms with van der Waals surface area (Å²) in [7, 11) is 0. The van der Waals surface area contributed by atoms with Crippen LogP contribution in [0.15, 0.2) is 18.2 Å². The van der Waals surface area contributed by atoms with Crippen molar-refractivity contribution >= 4 is 16.9 Å². The van der Waals surface area contributed by atoms with Crippen LogP contribution in [0, 0.1) is 20.8 Å². The number of aromatic carboxylic acids is 1. The van der Waals surface area contributed by atoms with Crippen LogP contribution in [0.3, 0.4) is 0 Å². The lowest BCUT2D eigenvalue weighted by Gasteiger charge is -2.08. The molecule has 0 saturated carbocycles. The summed E-state index contributed by atoms with van der Waals surface area (Å²) in [4.78, 5) is 15.6. The van der Waals surface area contributed by atoms with Crippen LogP contribution in [0.25, 0.3) is 10.9 Å². The minimum atomic E-state index is -0.904. The molecule has 16 heavy (non-hydrogen) atoms. The monoisotopic (exact) mass is 215 g/mol. The van der Waals surface area contributed by atoms with Crippen molar-refractivity contribution in [3.8, 4) is 0 Å². The third kappa shape index (κ3) is 1.54. The van der Waals surface area contributed by atoms with E-state index >= 15 is 0 Å². The summed E-state index contributed by atoms with van der Waals surface area (Å²) in [6.45, 7) is 5.78. The van der Waals surface area contributed by atoms with Crippen LogP contribution in [0.1, 0.15) is 27.2 Å². The molecule has 0 unspecified atom stereocenters. The van der Waals surface area contributed by atoms with Gasteiger partial charge in [-0.2, -0.15) is 0 Å². The third-order valence-corrected chi connectivity index (χ3v) is 2.86. The first-order valence-electron chi connectivity index (χ1n) is 5.11. The number of nitrogens with zero attached hydrogens (tertiary/aromatic N) is 1. The zero-order valence-corrected chi connectivity index (χ0v) is 9.53. The second-order valence-corrected chi connectivity index (χ2v) is 4.02. The van der Waals surface area contributed by atoms with E-state index in [1.165, 1.54) is 0 Å². The van der Waals surface area contributed by atoms with Gasteiger partial charge in [0.25, 0.3) is 0 Å². The molecular formula is C13H13NO2. The first-order chi connectivity index (χ1) is 7.50. The van der Waals surface area contributed by atoms with E-state index in [2.05, 4.69) is 4.98 Å². The van der Waals surface area contributed by atoms with Crippen LogP contribution < -0.4 is 0 Å². The predicted octanol–water partition coefficient (Wildman–Crippen LogP) is 2.86. The molecular weight excluding hydrogens is 202 g/mol. The minimum absolute atomic E-state index is 0.325. The average Bonchev–Trinajstić information content (AvgIpc) is 2.23. The van der Waals surface area contributed by atoms with Crippen LogP contribution >= 0.6 is 0 Å². The summed E-state index contributed by atoms with van der Waals surface area (Å²) in [5.74, 6) is -0.904. The quantitative estimate of drug-likeness (QED) is 0.795. The lowest BCUT2D eigenvalue weighted by Crippen LogP contribution is -2.01. The maximum atomic E-state index is 11.1. The van der Waals surface area contributed by atoms with Crippen molar-refractivity contribution in [2.75, 3.05) is 0 Å². The molecule has 0 amide bonds. The van der Waals surface area contributed by atoms with Crippen LogP contribution in [0.5, 0.6) is 0 Å². The fourth-order valence-corrected chi connectivity index (χ4v) is 1.83. The summed E-state index contributed by atoms with van der Waals surface area (Å²) in [5.41, 5.74) is 4.02. The normalized spacial score (nSPS) is 10.7. The van der Waals surface area contributed by atoms with Crippen LogP contribution in [0.2, 0.25) is 0 Å². The standard InChI is InChI=1S/C13H13NO2/c1-7-4-5-10-11(13(15)16)6-8(2)14-12(10)9(7)3/h4-6H,1-3H3,(H,15,16). The van der Waals surface area contributed by atoms with Gasteiger partial charge >= 0.3 is 5.97 Å². The van der Waals surface area contributed by atoms with Gasteiger partial charge in [-0.15, -0.1) is 0 Å². The van der Waals surface area contributed by atoms with Gasteiger partial charge in [0.2, 0.25) is 0 Å². The number of rotatable bonds is 1. The summed E-state index contributed by atoms with van der Waals surface area (Å²) in [5, 5.41) is 9.85. The zero-order chi connectivity index (χ0) is 11.9. The molecule has 1 heterocycles. The first kappa shape index (κ1) is 10.6. The molecule has 0 spiro atoms. The van der Waals surface area contributed by atoms with Crippen LogP contribution in [0.4, 0.5) is 0 Å². The van der Waals surface area contributed by atoms with E-state index in [1.54, 1.807) is 6.07 Å². The summed E-state index contributed by atoms with van der Waals surface area (Å²) >= 11 is 0.